The van der Waals surface area contributed by atoms with Gasteiger partial charge in [0.05, 0.1) is 11.1 Å². The number of carboxylic acid groups (broad SMARTS) is 1. The summed E-state index contributed by atoms with van der Waals surface area (Å²) in [5.74, 6) is -1.87. The molecule has 0 aromatic heterocycles. The molecule has 0 saturated carbocycles. The first-order valence-corrected chi connectivity index (χ1v) is 6.99. The van der Waals surface area contributed by atoms with E-state index in [1.54, 1.807) is 6.07 Å². The number of aldehydes is 1. The van der Waals surface area contributed by atoms with Crippen LogP contribution in [0.25, 0.3) is 0 Å². The van der Waals surface area contributed by atoms with Crippen LogP contribution in [0.1, 0.15) is 42.2 Å². The Hall–Kier alpha value is -3.16. The number of hydrogen-bond donors (Lipinski definition) is 2. The molecule has 0 heterocycles. The Morgan fingerprint density at radius 3 is 2.44 bits per heavy atom. The number of benzene rings is 2. The van der Waals surface area contributed by atoms with Crippen LogP contribution in [0.2, 0.25) is 0 Å². The smallest absolute Gasteiger partial charge is 0.416 e. The number of rotatable bonds is 5. The predicted molar refractivity (Wildman–Crippen MR) is 81.4 cm³/mol. The van der Waals surface area contributed by atoms with E-state index in [0.29, 0.717) is 17.7 Å². The van der Waals surface area contributed by atoms with Crippen LogP contribution in [-0.2, 0) is 12.7 Å². The lowest BCUT2D eigenvalue weighted by Crippen LogP contribution is -2.24. The zero-order valence-corrected chi connectivity index (χ0v) is 12.6. The Morgan fingerprint density at radius 1 is 1.12 bits per heavy atom. The SMILES string of the molecule is O=Cc1cc(C(F)(F)F)ccc1C(=O)NCc1cccc(C(=O)O)c1. The molecule has 0 aliphatic rings. The number of alkyl halides is 3. The lowest BCUT2D eigenvalue weighted by Gasteiger charge is -2.11. The highest BCUT2D eigenvalue weighted by Gasteiger charge is 2.31. The van der Waals surface area contributed by atoms with Gasteiger partial charge in [-0.2, -0.15) is 13.2 Å². The van der Waals surface area contributed by atoms with Gasteiger partial charge >= 0.3 is 12.1 Å². The van der Waals surface area contributed by atoms with Gasteiger partial charge in [-0.3, -0.25) is 9.59 Å². The third kappa shape index (κ3) is 4.43. The topological polar surface area (TPSA) is 83.5 Å². The van der Waals surface area contributed by atoms with Gasteiger partial charge in [0, 0.05) is 17.7 Å². The van der Waals surface area contributed by atoms with Gasteiger partial charge in [0.25, 0.3) is 5.91 Å². The van der Waals surface area contributed by atoms with Crippen molar-refractivity contribution in [3.63, 3.8) is 0 Å². The Bertz CT molecular complexity index is 831. The second kappa shape index (κ2) is 7.16. The van der Waals surface area contributed by atoms with Gasteiger partial charge < -0.3 is 10.4 Å². The summed E-state index contributed by atoms with van der Waals surface area (Å²) in [4.78, 5) is 34.0. The first-order valence-electron chi connectivity index (χ1n) is 6.99. The maximum Gasteiger partial charge on any atom is 0.416 e. The summed E-state index contributed by atoms with van der Waals surface area (Å²) in [6.07, 6.45) is -4.45. The lowest BCUT2D eigenvalue weighted by atomic mass is 10.0. The van der Waals surface area contributed by atoms with Crippen molar-refractivity contribution in [3.8, 4) is 0 Å². The molecule has 0 atom stereocenters. The van der Waals surface area contributed by atoms with Crippen LogP contribution in [0, 0.1) is 0 Å². The summed E-state index contributed by atoms with van der Waals surface area (Å²) in [6, 6.07) is 8.07. The van der Waals surface area contributed by atoms with Crippen molar-refractivity contribution < 1.29 is 32.7 Å². The lowest BCUT2D eigenvalue weighted by molar-refractivity contribution is -0.137. The molecule has 130 valence electrons. The average Bonchev–Trinajstić information content (AvgIpc) is 2.58. The zero-order chi connectivity index (χ0) is 18.6. The molecule has 0 unspecified atom stereocenters. The monoisotopic (exact) mass is 351 g/mol. The van der Waals surface area contributed by atoms with Gasteiger partial charge in [-0.05, 0) is 35.9 Å². The third-order valence-corrected chi connectivity index (χ3v) is 3.38. The van der Waals surface area contributed by atoms with E-state index in [2.05, 4.69) is 5.32 Å². The van der Waals surface area contributed by atoms with E-state index >= 15 is 0 Å². The Kier molecular flexibility index (Phi) is 5.21. The summed E-state index contributed by atoms with van der Waals surface area (Å²) < 4.78 is 37.9. The van der Waals surface area contributed by atoms with Gasteiger partial charge in [0.15, 0.2) is 6.29 Å². The molecule has 0 bridgehead atoms. The number of hydrogen-bond acceptors (Lipinski definition) is 3. The third-order valence-electron chi connectivity index (χ3n) is 3.38. The highest BCUT2D eigenvalue weighted by Crippen LogP contribution is 2.30. The van der Waals surface area contributed by atoms with Gasteiger partial charge in [-0.1, -0.05) is 12.1 Å². The number of nitrogens with one attached hydrogen (secondary N) is 1. The van der Waals surface area contributed by atoms with E-state index in [0.717, 1.165) is 6.07 Å². The van der Waals surface area contributed by atoms with E-state index < -0.39 is 23.6 Å². The van der Waals surface area contributed by atoms with E-state index in [4.69, 9.17) is 5.11 Å². The fourth-order valence-corrected chi connectivity index (χ4v) is 2.14. The number of halogens is 3. The summed E-state index contributed by atoms with van der Waals surface area (Å²) in [7, 11) is 0. The van der Waals surface area contributed by atoms with Gasteiger partial charge in [0.2, 0.25) is 0 Å². The van der Waals surface area contributed by atoms with Gasteiger partial charge in [0.1, 0.15) is 0 Å². The quantitative estimate of drug-likeness (QED) is 0.811. The molecule has 2 aromatic carbocycles. The molecule has 2 aromatic rings. The van der Waals surface area contributed by atoms with Crippen molar-refractivity contribution in [1.82, 2.24) is 5.32 Å². The number of carbonyl (C=O) groups is 3. The van der Waals surface area contributed by atoms with Crippen LogP contribution < -0.4 is 5.32 Å². The van der Waals surface area contributed by atoms with Crippen LogP contribution >= 0.6 is 0 Å². The van der Waals surface area contributed by atoms with E-state index in [9.17, 15) is 27.6 Å². The van der Waals surface area contributed by atoms with Crippen LogP contribution in [-0.4, -0.2) is 23.3 Å². The summed E-state index contributed by atoms with van der Waals surface area (Å²) >= 11 is 0. The average molecular weight is 351 g/mol. The first kappa shape index (κ1) is 18.2. The molecular formula is C17H12F3NO4. The Morgan fingerprint density at radius 2 is 1.84 bits per heavy atom. The summed E-state index contributed by atoms with van der Waals surface area (Å²) in [6.45, 7) is -0.0424. The molecule has 0 saturated heterocycles. The number of amides is 1. The highest BCUT2D eigenvalue weighted by atomic mass is 19.4. The van der Waals surface area contributed by atoms with Crippen LogP contribution in [0.3, 0.4) is 0 Å². The van der Waals surface area contributed by atoms with Gasteiger partial charge in [-0.15, -0.1) is 0 Å². The summed E-state index contributed by atoms with van der Waals surface area (Å²) in [5.41, 5.74) is -1.08. The minimum atomic E-state index is -4.62. The van der Waals surface area contributed by atoms with Crippen molar-refractivity contribution >= 4 is 18.2 Å². The Labute approximate surface area is 140 Å². The predicted octanol–water partition coefficient (Wildman–Crippen LogP) is 3.15. The molecule has 0 aliphatic carbocycles. The van der Waals surface area contributed by atoms with Crippen molar-refractivity contribution in [2.45, 2.75) is 12.7 Å². The fraction of sp³-hybridized carbons (Fsp3) is 0.118. The van der Waals surface area contributed by atoms with Crippen LogP contribution in [0.4, 0.5) is 13.2 Å². The molecular weight excluding hydrogens is 339 g/mol. The standard InChI is InChI=1S/C17H12F3NO4/c18-17(19,20)13-4-5-14(12(7-13)9-22)15(23)21-8-10-2-1-3-11(6-10)16(24)25/h1-7,9H,8H2,(H,21,23)(H,24,25). The Balaban J connectivity index is 2.17. The van der Waals surface area contributed by atoms with E-state index in [1.807, 2.05) is 0 Å². The fourth-order valence-electron chi connectivity index (χ4n) is 2.14. The second-order valence-corrected chi connectivity index (χ2v) is 5.11. The molecule has 1 amide bonds. The summed E-state index contributed by atoms with van der Waals surface area (Å²) in [5, 5.41) is 11.3. The molecule has 2 rings (SSSR count). The second-order valence-electron chi connectivity index (χ2n) is 5.11. The first-order chi connectivity index (χ1) is 11.7. The van der Waals surface area contributed by atoms with Crippen molar-refractivity contribution in [3.05, 3.63) is 70.3 Å². The zero-order valence-electron chi connectivity index (χ0n) is 12.6. The maximum atomic E-state index is 12.6. The normalized spacial score (nSPS) is 11.0. The minimum absolute atomic E-state index is 0.0369. The van der Waals surface area contributed by atoms with Crippen LogP contribution in [0.15, 0.2) is 42.5 Å². The van der Waals surface area contributed by atoms with Crippen molar-refractivity contribution in [2.75, 3.05) is 0 Å². The molecule has 0 aliphatic heterocycles. The number of carbonyl (C=O) groups excluding carboxylic acids is 2. The molecule has 0 fully saturated rings. The van der Waals surface area contributed by atoms with Crippen LogP contribution in [0.5, 0.6) is 0 Å². The molecule has 5 nitrogen and oxygen atoms in total. The number of aromatic carboxylic acids is 1. The number of carboxylic acids is 1. The highest BCUT2D eigenvalue weighted by molar-refractivity contribution is 6.01. The van der Waals surface area contributed by atoms with Gasteiger partial charge in [-0.25, -0.2) is 4.79 Å². The largest absolute Gasteiger partial charge is 0.478 e. The molecule has 25 heavy (non-hydrogen) atoms. The molecule has 2 N–H and O–H groups in total. The van der Waals surface area contributed by atoms with Crippen molar-refractivity contribution in [2.24, 2.45) is 0 Å². The van der Waals surface area contributed by atoms with E-state index in [1.165, 1.54) is 18.2 Å². The molecule has 0 radical (unpaired) electrons. The maximum absolute atomic E-state index is 12.6. The van der Waals surface area contributed by atoms with Crippen molar-refractivity contribution in [1.29, 1.82) is 0 Å². The molecule has 8 heteroatoms. The minimum Gasteiger partial charge on any atom is -0.478 e. The molecule has 0 spiro atoms. The van der Waals surface area contributed by atoms with E-state index in [-0.39, 0.29) is 29.5 Å².